The predicted molar refractivity (Wildman–Crippen MR) is 76.2 cm³/mol. The van der Waals surface area contributed by atoms with Gasteiger partial charge < -0.3 is 10.1 Å². The van der Waals surface area contributed by atoms with Gasteiger partial charge in [0.25, 0.3) is 5.91 Å². The van der Waals surface area contributed by atoms with Gasteiger partial charge in [0.05, 0.1) is 6.61 Å². The molecular formula is C16H16FNO2. The Hall–Kier alpha value is -2.20. The maximum absolute atomic E-state index is 13.2. The number of aryl methyl sites for hydroxylation is 1. The molecule has 1 N–H and O–H groups in total. The Morgan fingerprint density at radius 1 is 1.20 bits per heavy atom. The number of amides is 1. The molecule has 0 aliphatic carbocycles. The van der Waals surface area contributed by atoms with E-state index in [2.05, 4.69) is 5.32 Å². The molecule has 0 saturated carbocycles. The normalized spacial score (nSPS) is 10.3. The second kappa shape index (κ2) is 6.30. The molecule has 2 aromatic rings. The molecule has 2 aromatic carbocycles. The summed E-state index contributed by atoms with van der Waals surface area (Å²) in [6, 6.07) is 11.4. The first kappa shape index (κ1) is 14.2. The third-order valence-corrected chi connectivity index (χ3v) is 2.97. The van der Waals surface area contributed by atoms with Crippen molar-refractivity contribution in [1.82, 2.24) is 0 Å². The highest BCUT2D eigenvalue weighted by Gasteiger charge is 2.08. The molecule has 4 heteroatoms. The third-order valence-electron chi connectivity index (χ3n) is 2.97. The molecule has 0 spiro atoms. The highest BCUT2D eigenvalue weighted by molar-refractivity contribution is 6.04. The number of ether oxygens (including phenoxy) is 1. The summed E-state index contributed by atoms with van der Waals surface area (Å²) in [5.41, 5.74) is 2.81. The number of nitrogens with one attached hydrogen (secondary N) is 1. The largest absolute Gasteiger partial charge is 0.380 e. The summed E-state index contributed by atoms with van der Waals surface area (Å²) in [7, 11) is 1.62. The molecule has 0 unspecified atom stereocenters. The Labute approximate surface area is 117 Å². The minimum Gasteiger partial charge on any atom is -0.380 e. The second-order valence-corrected chi connectivity index (χ2v) is 4.54. The molecule has 0 aliphatic rings. The van der Waals surface area contributed by atoms with Crippen LogP contribution in [0.15, 0.2) is 42.5 Å². The summed E-state index contributed by atoms with van der Waals surface area (Å²) >= 11 is 0. The Morgan fingerprint density at radius 2 is 1.90 bits per heavy atom. The van der Waals surface area contributed by atoms with Crippen molar-refractivity contribution in [2.75, 3.05) is 12.4 Å². The molecule has 2 rings (SSSR count). The van der Waals surface area contributed by atoms with Crippen LogP contribution in [0.4, 0.5) is 10.1 Å². The molecule has 0 aromatic heterocycles. The van der Waals surface area contributed by atoms with E-state index in [4.69, 9.17) is 4.74 Å². The van der Waals surface area contributed by atoms with Crippen molar-refractivity contribution in [2.45, 2.75) is 13.5 Å². The zero-order valence-corrected chi connectivity index (χ0v) is 11.4. The van der Waals surface area contributed by atoms with E-state index in [9.17, 15) is 9.18 Å². The molecule has 0 saturated heterocycles. The van der Waals surface area contributed by atoms with Crippen LogP contribution < -0.4 is 5.32 Å². The third kappa shape index (κ3) is 3.42. The predicted octanol–water partition coefficient (Wildman–Crippen LogP) is 3.53. The summed E-state index contributed by atoms with van der Waals surface area (Å²) in [4.78, 5) is 12.1. The van der Waals surface area contributed by atoms with Gasteiger partial charge in [0.15, 0.2) is 0 Å². The molecule has 1 amide bonds. The first-order chi connectivity index (χ1) is 9.60. The lowest BCUT2D eigenvalue weighted by molar-refractivity contribution is 0.102. The highest BCUT2D eigenvalue weighted by Crippen LogP contribution is 2.17. The van der Waals surface area contributed by atoms with E-state index in [1.807, 2.05) is 19.1 Å². The Morgan fingerprint density at radius 3 is 2.55 bits per heavy atom. The monoisotopic (exact) mass is 273 g/mol. The van der Waals surface area contributed by atoms with E-state index in [-0.39, 0.29) is 11.7 Å². The van der Waals surface area contributed by atoms with Gasteiger partial charge in [-0.2, -0.15) is 0 Å². The van der Waals surface area contributed by atoms with Gasteiger partial charge in [0.1, 0.15) is 5.82 Å². The van der Waals surface area contributed by atoms with E-state index in [1.54, 1.807) is 25.3 Å². The van der Waals surface area contributed by atoms with Crippen molar-refractivity contribution in [3.05, 3.63) is 65.0 Å². The molecule has 0 radical (unpaired) electrons. The Bertz CT molecular complexity index is 608. The number of carbonyl (C=O) groups excluding carboxylic acids is 1. The van der Waals surface area contributed by atoms with Crippen molar-refractivity contribution < 1.29 is 13.9 Å². The molecule has 104 valence electrons. The van der Waals surface area contributed by atoms with Gasteiger partial charge in [-0.25, -0.2) is 4.39 Å². The number of hydrogen-bond donors (Lipinski definition) is 1. The minimum atomic E-state index is -0.374. The van der Waals surface area contributed by atoms with Crippen LogP contribution in [0.5, 0.6) is 0 Å². The standard InChI is InChI=1S/C16H16FNO2/c1-11-3-8-14(17)9-15(11)18-16(19)13-6-4-12(5-7-13)10-20-2/h3-9H,10H2,1-2H3,(H,18,19). The van der Waals surface area contributed by atoms with Crippen LogP contribution in [0.3, 0.4) is 0 Å². The fourth-order valence-corrected chi connectivity index (χ4v) is 1.84. The Kier molecular flexibility index (Phi) is 4.48. The number of benzene rings is 2. The summed E-state index contributed by atoms with van der Waals surface area (Å²) in [5, 5.41) is 2.71. The van der Waals surface area contributed by atoms with Crippen LogP contribution in [0.25, 0.3) is 0 Å². The molecule has 0 aliphatic heterocycles. The van der Waals surface area contributed by atoms with Crippen LogP contribution in [0.2, 0.25) is 0 Å². The maximum atomic E-state index is 13.2. The summed E-state index contributed by atoms with van der Waals surface area (Å²) in [6.07, 6.45) is 0. The number of rotatable bonds is 4. The molecule has 3 nitrogen and oxygen atoms in total. The average molecular weight is 273 g/mol. The molecule has 0 atom stereocenters. The molecular weight excluding hydrogens is 257 g/mol. The van der Waals surface area contributed by atoms with Gasteiger partial charge in [0.2, 0.25) is 0 Å². The zero-order valence-electron chi connectivity index (χ0n) is 11.4. The van der Waals surface area contributed by atoms with Crippen molar-refractivity contribution in [3.8, 4) is 0 Å². The number of carbonyl (C=O) groups is 1. The van der Waals surface area contributed by atoms with Crippen LogP contribution >= 0.6 is 0 Å². The molecule has 0 fully saturated rings. The summed E-state index contributed by atoms with van der Waals surface area (Å²) in [5.74, 6) is -0.635. The van der Waals surface area contributed by atoms with Gasteiger partial charge in [-0.1, -0.05) is 18.2 Å². The SMILES string of the molecule is COCc1ccc(C(=O)Nc2cc(F)ccc2C)cc1. The smallest absolute Gasteiger partial charge is 0.255 e. The number of methoxy groups -OCH3 is 1. The van der Waals surface area contributed by atoms with E-state index in [0.717, 1.165) is 11.1 Å². The van der Waals surface area contributed by atoms with Gasteiger partial charge in [0, 0.05) is 18.4 Å². The number of anilines is 1. The van der Waals surface area contributed by atoms with E-state index >= 15 is 0 Å². The fourth-order valence-electron chi connectivity index (χ4n) is 1.84. The van der Waals surface area contributed by atoms with E-state index in [0.29, 0.717) is 17.9 Å². The topological polar surface area (TPSA) is 38.3 Å². The van der Waals surface area contributed by atoms with Crippen molar-refractivity contribution >= 4 is 11.6 Å². The van der Waals surface area contributed by atoms with Crippen LogP contribution in [0.1, 0.15) is 21.5 Å². The van der Waals surface area contributed by atoms with Gasteiger partial charge >= 0.3 is 0 Å². The van der Waals surface area contributed by atoms with Crippen molar-refractivity contribution in [3.63, 3.8) is 0 Å². The Balaban J connectivity index is 2.13. The lowest BCUT2D eigenvalue weighted by Crippen LogP contribution is -2.13. The average Bonchev–Trinajstić information content (AvgIpc) is 2.44. The quantitative estimate of drug-likeness (QED) is 0.925. The van der Waals surface area contributed by atoms with Gasteiger partial charge in [-0.3, -0.25) is 4.79 Å². The van der Waals surface area contributed by atoms with Crippen LogP contribution in [0, 0.1) is 12.7 Å². The molecule has 0 bridgehead atoms. The van der Waals surface area contributed by atoms with Crippen LogP contribution in [-0.4, -0.2) is 13.0 Å². The minimum absolute atomic E-state index is 0.261. The first-order valence-electron chi connectivity index (χ1n) is 6.25. The molecule has 20 heavy (non-hydrogen) atoms. The van der Waals surface area contributed by atoms with Crippen LogP contribution in [-0.2, 0) is 11.3 Å². The lowest BCUT2D eigenvalue weighted by Gasteiger charge is -2.09. The molecule has 0 heterocycles. The van der Waals surface area contributed by atoms with E-state index in [1.165, 1.54) is 12.1 Å². The number of halogens is 1. The summed E-state index contributed by atoms with van der Waals surface area (Å²) < 4.78 is 18.2. The second-order valence-electron chi connectivity index (χ2n) is 4.54. The van der Waals surface area contributed by atoms with Crippen molar-refractivity contribution in [1.29, 1.82) is 0 Å². The fraction of sp³-hybridized carbons (Fsp3) is 0.188. The first-order valence-corrected chi connectivity index (χ1v) is 6.25. The lowest BCUT2D eigenvalue weighted by atomic mass is 10.1. The zero-order chi connectivity index (χ0) is 14.5. The van der Waals surface area contributed by atoms with Gasteiger partial charge in [-0.05, 0) is 42.3 Å². The highest BCUT2D eigenvalue weighted by atomic mass is 19.1. The van der Waals surface area contributed by atoms with E-state index < -0.39 is 0 Å². The number of hydrogen-bond acceptors (Lipinski definition) is 2. The van der Waals surface area contributed by atoms with Gasteiger partial charge in [-0.15, -0.1) is 0 Å². The summed E-state index contributed by atoms with van der Waals surface area (Å²) in [6.45, 7) is 2.32. The maximum Gasteiger partial charge on any atom is 0.255 e. The van der Waals surface area contributed by atoms with Crippen molar-refractivity contribution in [2.24, 2.45) is 0 Å².